The molecule has 0 bridgehead atoms. The largest absolute Gasteiger partial charge is 0.335 e. The zero-order valence-corrected chi connectivity index (χ0v) is 9.47. The van der Waals surface area contributed by atoms with Gasteiger partial charge in [-0.2, -0.15) is 0 Å². The van der Waals surface area contributed by atoms with Crippen LogP contribution < -0.4 is 5.01 Å². The molecule has 0 fully saturated rings. The summed E-state index contributed by atoms with van der Waals surface area (Å²) in [6, 6.07) is 2.03. The summed E-state index contributed by atoms with van der Waals surface area (Å²) in [4.78, 5) is 8.55. The SMILES string of the molecule is CN(C)N(C)c1ncnc2c1ccn2C. The number of aromatic nitrogens is 3. The smallest absolute Gasteiger partial charge is 0.155 e. The van der Waals surface area contributed by atoms with Crippen molar-refractivity contribution in [3.05, 3.63) is 18.6 Å². The molecule has 2 heterocycles. The van der Waals surface area contributed by atoms with Gasteiger partial charge in [-0.3, -0.25) is 5.01 Å². The maximum atomic E-state index is 4.30. The van der Waals surface area contributed by atoms with Gasteiger partial charge in [0.05, 0.1) is 5.39 Å². The summed E-state index contributed by atoms with van der Waals surface area (Å²) in [5, 5.41) is 5.04. The van der Waals surface area contributed by atoms with Crippen LogP contribution in [-0.4, -0.2) is 40.7 Å². The van der Waals surface area contributed by atoms with Crippen LogP contribution in [0.25, 0.3) is 11.0 Å². The lowest BCUT2D eigenvalue weighted by molar-refractivity contribution is 0.395. The predicted octanol–water partition coefficient (Wildman–Crippen LogP) is 0.881. The lowest BCUT2D eigenvalue weighted by Crippen LogP contribution is -2.33. The van der Waals surface area contributed by atoms with Gasteiger partial charge in [0.25, 0.3) is 0 Å². The Morgan fingerprint density at radius 2 is 1.93 bits per heavy atom. The van der Waals surface area contributed by atoms with Crippen LogP contribution in [0.4, 0.5) is 5.82 Å². The molecule has 2 aromatic heterocycles. The van der Waals surface area contributed by atoms with Crippen LogP contribution in [0.1, 0.15) is 0 Å². The first kappa shape index (κ1) is 9.92. The number of rotatable bonds is 2. The molecule has 0 amide bonds. The molecular weight excluding hydrogens is 190 g/mol. The van der Waals surface area contributed by atoms with Crippen LogP contribution >= 0.6 is 0 Å². The minimum atomic E-state index is 0.922. The molecule has 5 heteroatoms. The summed E-state index contributed by atoms with van der Waals surface area (Å²) in [7, 11) is 7.93. The number of fused-ring (bicyclic) bond motifs is 1. The molecule has 2 aromatic rings. The van der Waals surface area contributed by atoms with E-state index in [2.05, 4.69) is 9.97 Å². The minimum Gasteiger partial charge on any atom is -0.335 e. The van der Waals surface area contributed by atoms with Crippen LogP contribution in [0, 0.1) is 0 Å². The van der Waals surface area contributed by atoms with Crippen LogP contribution in [-0.2, 0) is 7.05 Å². The fourth-order valence-corrected chi connectivity index (χ4v) is 1.51. The maximum Gasteiger partial charge on any atom is 0.155 e. The van der Waals surface area contributed by atoms with Crippen LogP contribution in [0.5, 0.6) is 0 Å². The van der Waals surface area contributed by atoms with Crippen LogP contribution in [0.15, 0.2) is 18.6 Å². The number of hydrogen-bond acceptors (Lipinski definition) is 4. The molecule has 15 heavy (non-hydrogen) atoms. The second-order valence-corrected chi connectivity index (χ2v) is 3.73. The van der Waals surface area contributed by atoms with Gasteiger partial charge in [-0.05, 0) is 6.07 Å². The Balaban J connectivity index is 2.61. The normalized spacial score (nSPS) is 11.3. The molecule has 0 spiro atoms. The maximum absolute atomic E-state index is 4.30. The van der Waals surface area contributed by atoms with E-state index in [1.807, 2.05) is 55.0 Å². The second kappa shape index (κ2) is 3.51. The van der Waals surface area contributed by atoms with E-state index in [4.69, 9.17) is 0 Å². The van der Waals surface area contributed by atoms with Gasteiger partial charge in [-0.1, -0.05) is 0 Å². The highest BCUT2D eigenvalue weighted by Gasteiger charge is 2.11. The van der Waals surface area contributed by atoms with Crippen molar-refractivity contribution in [2.75, 3.05) is 26.2 Å². The van der Waals surface area contributed by atoms with Crippen LogP contribution in [0.2, 0.25) is 0 Å². The molecule has 0 radical (unpaired) electrons. The molecule has 0 aromatic carbocycles. The zero-order valence-electron chi connectivity index (χ0n) is 9.47. The van der Waals surface area contributed by atoms with E-state index in [0.717, 1.165) is 16.9 Å². The molecule has 2 rings (SSSR count). The van der Waals surface area contributed by atoms with Crippen LogP contribution in [0.3, 0.4) is 0 Å². The quantitative estimate of drug-likeness (QED) is 0.682. The molecule has 5 nitrogen and oxygen atoms in total. The van der Waals surface area contributed by atoms with E-state index >= 15 is 0 Å². The number of hydrogen-bond donors (Lipinski definition) is 0. The van der Waals surface area contributed by atoms with Gasteiger partial charge in [-0.25, -0.2) is 15.0 Å². The summed E-state index contributed by atoms with van der Waals surface area (Å²) < 4.78 is 1.99. The molecule has 0 atom stereocenters. The average Bonchev–Trinajstić information content (AvgIpc) is 2.59. The van der Waals surface area contributed by atoms with Gasteiger partial charge >= 0.3 is 0 Å². The highest BCUT2D eigenvalue weighted by atomic mass is 15.6. The second-order valence-electron chi connectivity index (χ2n) is 3.73. The third kappa shape index (κ3) is 1.55. The highest BCUT2D eigenvalue weighted by molar-refractivity contribution is 5.87. The van der Waals surface area contributed by atoms with Crippen molar-refractivity contribution in [2.45, 2.75) is 0 Å². The van der Waals surface area contributed by atoms with Crippen molar-refractivity contribution in [1.82, 2.24) is 19.5 Å². The number of nitrogens with zero attached hydrogens (tertiary/aromatic N) is 5. The van der Waals surface area contributed by atoms with E-state index < -0.39 is 0 Å². The molecule has 0 aliphatic carbocycles. The van der Waals surface area contributed by atoms with Gasteiger partial charge in [0.1, 0.15) is 12.0 Å². The van der Waals surface area contributed by atoms with Crippen molar-refractivity contribution in [3.8, 4) is 0 Å². The fraction of sp³-hybridized carbons (Fsp3) is 0.400. The topological polar surface area (TPSA) is 37.2 Å². The average molecular weight is 205 g/mol. The molecule has 80 valence electrons. The fourth-order valence-electron chi connectivity index (χ4n) is 1.51. The third-order valence-corrected chi connectivity index (χ3v) is 2.55. The predicted molar refractivity (Wildman–Crippen MR) is 60.6 cm³/mol. The van der Waals surface area contributed by atoms with Crippen molar-refractivity contribution >= 4 is 16.9 Å². The van der Waals surface area contributed by atoms with E-state index in [1.54, 1.807) is 6.33 Å². The summed E-state index contributed by atoms with van der Waals surface area (Å²) in [5.41, 5.74) is 0.953. The van der Waals surface area contributed by atoms with E-state index in [1.165, 1.54) is 0 Å². The van der Waals surface area contributed by atoms with Gasteiger partial charge in [0.2, 0.25) is 0 Å². The first-order valence-electron chi connectivity index (χ1n) is 4.78. The number of anilines is 1. The van der Waals surface area contributed by atoms with Gasteiger partial charge < -0.3 is 4.57 Å². The van der Waals surface area contributed by atoms with Gasteiger partial charge in [-0.15, -0.1) is 0 Å². The van der Waals surface area contributed by atoms with E-state index in [9.17, 15) is 0 Å². The number of hydrazine groups is 1. The third-order valence-electron chi connectivity index (χ3n) is 2.55. The first-order chi connectivity index (χ1) is 7.11. The lowest BCUT2D eigenvalue weighted by atomic mass is 10.4. The van der Waals surface area contributed by atoms with Gasteiger partial charge in [0.15, 0.2) is 5.82 Å². The Labute approximate surface area is 88.9 Å². The lowest BCUT2D eigenvalue weighted by Gasteiger charge is -2.25. The minimum absolute atomic E-state index is 0.922. The Kier molecular flexibility index (Phi) is 2.32. The van der Waals surface area contributed by atoms with E-state index in [-0.39, 0.29) is 0 Å². The monoisotopic (exact) mass is 205 g/mol. The summed E-state index contributed by atoms with van der Waals surface area (Å²) in [6.45, 7) is 0. The summed E-state index contributed by atoms with van der Waals surface area (Å²) in [5.74, 6) is 0.922. The highest BCUT2D eigenvalue weighted by Crippen LogP contribution is 2.22. The summed E-state index contributed by atoms with van der Waals surface area (Å²) in [6.07, 6.45) is 3.59. The molecule has 0 N–H and O–H groups in total. The Morgan fingerprint density at radius 3 is 2.60 bits per heavy atom. The molecular formula is C10H15N5. The Bertz CT molecular complexity index is 474. The molecule has 0 saturated heterocycles. The van der Waals surface area contributed by atoms with Crippen molar-refractivity contribution in [3.63, 3.8) is 0 Å². The molecule has 0 saturated carbocycles. The first-order valence-corrected chi connectivity index (χ1v) is 4.78. The van der Waals surface area contributed by atoms with Crippen molar-refractivity contribution in [1.29, 1.82) is 0 Å². The summed E-state index contributed by atoms with van der Waals surface area (Å²) >= 11 is 0. The Hall–Kier alpha value is -1.62. The zero-order chi connectivity index (χ0) is 11.0. The van der Waals surface area contributed by atoms with Crippen molar-refractivity contribution in [2.24, 2.45) is 7.05 Å². The van der Waals surface area contributed by atoms with Gasteiger partial charge in [0, 0.05) is 34.4 Å². The van der Waals surface area contributed by atoms with E-state index in [0.29, 0.717) is 0 Å². The number of aryl methyl sites for hydroxylation is 1. The Morgan fingerprint density at radius 1 is 1.20 bits per heavy atom. The molecule has 0 unspecified atom stereocenters. The van der Waals surface area contributed by atoms with Crippen molar-refractivity contribution < 1.29 is 0 Å². The molecule has 0 aliphatic rings. The standard InChI is InChI=1S/C10H15N5/c1-13(2)15(4)10-8-5-6-14(3)9(8)11-7-12-10/h5-7H,1-4H3. The molecule has 0 aliphatic heterocycles.